The van der Waals surface area contributed by atoms with E-state index in [2.05, 4.69) is 26.2 Å². The number of aryl methyl sites for hydroxylation is 3. The minimum atomic E-state index is -3.84. The molecular formula is C22H21N5O4S2. The highest BCUT2D eigenvalue weighted by atomic mass is 32.2. The van der Waals surface area contributed by atoms with Crippen molar-refractivity contribution in [3.63, 3.8) is 0 Å². The second-order valence-electron chi connectivity index (χ2n) is 7.56. The molecule has 1 amide bonds. The van der Waals surface area contributed by atoms with E-state index in [1.54, 1.807) is 6.92 Å². The van der Waals surface area contributed by atoms with Crippen molar-refractivity contribution in [3.05, 3.63) is 59.0 Å². The number of thioether (sulfide) groups is 1. The number of pyridine rings is 1. The van der Waals surface area contributed by atoms with Crippen LogP contribution in [-0.2, 0) is 27.7 Å². The van der Waals surface area contributed by atoms with Gasteiger partial charge in [-0.1, -0.05) is 16.9 Å². The summed E-state index contributed by atoms with van der Waals surface area (Å²) in [6.07, 6.45) is 4.00. The van der Waals surface area contributed by atoms with Crippen molar-refractivity contribution >= 4 is 39.2 Å². The number of hydrogen-bond donors (Lipinski definition) is 2. The molecule has 4 rings (SSSR count). The predicted molar refractivity (Wildman–Crippen MR) is 123 cm³/mol. The molecular weight excluding hydrogens is 462 g/mol. The number of sulfonamides is 1. The molecule has 0 saturated carbocycles. The van der Waals surface area contributed by atoms with E-state index in [0.29, 0.717) is 22.0 Å². The number of nitrogens with one attached hydrogen (secondary N) is 2. The Morgan fingerprint density at radius 1 is 1.21 bits per heavy atom. The van der Waals surface area contributed by atoms with Gasteiger partial charge in [-0.3, -0.25) is 9.52 Å². The standard InChI is InChI=1S/C22H21N5O4S2/c1-14-10-20(26-31-14)27-33(29,30)18-8-6-17(7-9-18)24-21(28)13-32-22-16(12-23)11-15-4-2-3-5-19(15)25-22/h6-11H,2-5,13H2,1H3,(H,24,28)(H,26,27). The quantitative estimate of drug-likeness (QED) is 0.486. The largest absolute Gasteiger partial charge is 0.360 e. The number of amides is 1. The molecule has 9 nitrogen and oxygen atoms in total. The Kier molecular flexibility index (Phi) is 6.67. The second-order valence-corrected chi connectivity index (χ2v) is 10.2. The summed E-state index contributed by atoms with van der Waals surface area (Å²) in [7, 11) is -3.84. The summed E-state index contributed by atoms with van der Waals surface area (Å²) in [5.41, 5.74) is 3.07. The summed E-state index contributed by atoms with van der Waals surface area (Å²) in [5.74, 6) is 0.369. The molecule has 0 radical (unpaired) electrons. The molecule has 11 heteroatoms. The molecule has 0 spiro atoms. The topological polar surface area (TPSA) is 138 Å². The number of nitriles is 1. The van der Waals surface area contributed by atoms with Gasteiger partial charge in [0.25, 0.3) is 10.0 Å². The van der Waals surface area contributed by atoms with Crippen molar-refractivity contribution in [3.8, 4) is 6.07 Å². The summed E-state index contributed by atoms with van der Waals surface area (Å²) in [5, 5.41) is 16.3. The van der Waals surface area contributed by atoms with Crippen molar-refractivity contribution < 1.29 is 17.7 Å². The van der Waals surface area contributed by atoms with Gasteiger partial charge < -0.3 is 9.84 Å². The number of rotatable bonds is 7. The fourth-order valence-electron chi connectivity index (χ4n) is 3.46. The van der Waals surface area contributed by atoms with Crippen molar-refractivity contribution in [2.24, 2.45) is 0 Å². The summed E-state index contributed by atoms with van der Waals surface area (Å²) in [4.78, 5) is 17.0. The van der Waals surface area contributed by atoms with E-state index in [9.17, 15) is 18.5 Å². The van der Waals surface area contributed by atoms with E-state index >= 15 is 0 Å². The van der Waals surface area contributed by atoms with Crippen LogP contribution in [0.25, 0.3) is 0 Å². The average Bonchev–Trinajstić information content (AvgIpc) is 3.21. The van der Waals surface area contributed by atoms with Crippen LogP contribution in [0.4, 0.5) is 11.5 Å². The van der Waals surface area contributed by atoms with Gasteiger partial charge in [0.2, 0.25) is 5.91 Å². The van der Waals surface area contributed by atoms with Gasteiger partial charge in [-0.2, -0.15) is 5.26 Å². The molecule has 1 aliphatic carbocycles. The minimum Gasteiger partial charge on any atom is -0.360 e. The van der Waals surface area contributed by atoms with E-state index in [-0.39, 0.29) is 22.4 Å². The summed E-state index contributed by atoms with van der Waals surface area (Å²) < 4.78 is 32.1. The Labute approximate surface area is 195 Å². The van der Waals surface area contributed by atoms with E-state index in [0.717, 1.165) is 36.9 Å². The highest BCUT2D eigenvalue weighted by molar-refractivity contribution is 8.00. The van der Waals surface area contributed by atoms with Gasteiger partial charge in [0.05, 0.1) is 16.2 Å². The molecule has 0 unspecified atom stereocenters. The summed E-state index contributed by atoms with van der Waals surface area (Å²) >= 11 is 1.22. The first-order chi connectivity index (χ1) is 15.8. The SMILES string of the molecule is Cc1cc(NS(=O)(=O)c2ccc(NC(=O)CSc3nc4c(cc3C#N)CCCC4)cc2)no1. The van der Waals surface area contributed by atoms with Gasteiger partial charge in [0.1, 0.15) is 16.9 Å². The van der Waals surface area contributed by atoms with Crippen LogP contribution < -0.4 is 10.0 Å². The number of carbonyl (C=O) groups is 1. The number of anilines is 2. The molecule has 1 aliphatic rings. The molecule has 1 aromatic carbocycles. The Morgan fingerprint density at radius 3 is 2.67 bits per heavy atom. The van der Waals surface area contributed by atoms with E-state index in [1.165, 1.54) is 42.1 Å². The van der Waals surface area contributed by atoms with Crippen molar-refractivity contribution in [1.82, 2.24) is 10.1 Å². The number of carbonyl (C=O) groups excluding carboxylic acids is 1. The predicted octanol–water partition coefficient (Wildman–Crippen LogP) is 3.66. The van der Waals surface area contributed by atoms with Crippen LogP contribution in [0.15, 0.2) is 50.8 Å². The Hall–Kier alpha value is -3.36. The minimum absolute atomic E-state index is 0.0208. The van der Waals surface area contributed by atoms with Crippen LogP contribution in [0, 0.1) is 18.3 Å². The first-order valence-electron chi connectivity index (χ1n) is 10.3. The molecule has 2 heterocycles. The maximum atomic E-state index is 12.4. The Morgan fingerprint density at radius 2 is 1.97 bits per heavy atom. The van der Waals surface area contributed by atoms with Gasteiger partial charge in [0.15, 0.2) is 5.82 Å². The summed E-state index contributed by atoms with van der Waals surface area (Å²) in [6.45, 7) is 1.66. The van der Waals surface area contributed by atoms with E-state index < -0.39 is 10.0 Å². The Bertz CT molecular complexity index is 1330. The average molecular weight is 484 g/mol. The maximum Gasteiger partial charge on any atom is 0.263 e. The molecule has 0 fully saturated rings. The zero-order valence-electron chi connectivity index (χ0n) is 17.8. The van der Waals surface area contributed by atoms with Gasteiger partial charge >= 0.3 is 0 Å². The molecule has 0 atom stereocenters. The van der Waals surface area contributed by atoms with Crippen molar-refractivity contribution in [2.45, 2.75) is 42.5 Å². The van der Waals surface area contributed by atoms with Gasteiger partial charge in [-0.05, 0) is 68.5 Å². The number of aromatic nitrogens is 2. The van der Waals surface area contributed by atoms with Crippen LogP contribution in [0.2, 0.25) is 0 Å². The number of nitrogens with zero attached hydrogens (tertiary/aromatic N) is 3. The van der Waals surface area contributed by atoms with Crippen LogP contribution >= 0.6 is 11.8 Å². The third kappa shape index (κ3) is 5.53. The van der Waals surface area contributed by atoms with Gasteiger partial charge in [-0.25, -0.2) is 13.4 Å². The number of benzene rings is 1. The lowest BCUT2D eigenvalue weighted by atomic mass is 9.95. The van der Waals surface area contributed by atoms with Crippen molar-refractivity contribution in [2.75, 3.05) is 15.8 Å². The van der Waals surface area contributed by atoms with Gasteiger partial charge in [0, 0.05) is 17.4 Å². The third-order valence-corrected chi connectivity index (χ3v) is 7.40. The lowest BCUT2D eigenvalue weighted by Crippen LogP contribution is -2.16. The highest BCUT2D eigenvalue weighted by Gasteiger charge is 2.18. The molecule has 3 aromatic rings. The maximum absolute atomic E-state index is 12.4. The number of fused-ring (bicyclic) bond motifs is 1. The molecule has 170 valence electrons. The van der Waals surface area contributed by atoms with E-state index in [1.807, 2.05) is 6.07 Å². The second kappa shape index (κ2) is 9.64. The Balaban J connectivity index is 1.37. The fraction of sp³-hybridized carbons (Fsp3) is 0.273. The summed E-state index contributed by atoms with van der Waals surface area (Å²) in [6, 6.07) is 11.3. The number of hydrogen-bond acceptors (Lipinski definition) is 8. The highest BCUT2D eigenvalue weighted by Crippen LogP contribution is 2.27. The first-order valence-corrected chi connectivity index (χ1v) is 12.7. The van der Waals surface area contributed by atoms with Crippen molar-refractivity contribution in [1.29, 1.82) is 5.26 Å². The molecule has 0 saturated heterocycles. The molecule has 0 bridgehead atoms. The van der Waals surface area contributed by atoms with E-state index in [4.69, 9.17) is 4.52 Å². The fourth-order valence-corrected chi connectivity index (χ4v) is 5.22. The smallest absolute Gasteiger partial charge is 0.263 e. The molecule has 2 aromatic heterocycles. The lowest BCUT2D eigenvalue weighted by Gasteiger charge is -2.16. The molecule has 2 N–H and O–H groups in total. The lowest BCUT2D eigenvalue weighted by molar-refractivity contribution is -0.113. The monoisotopic (exact) mass is 483 g/mol. The first kappa shape index (κ1) is 22.8. The third-order valence-electron chi connectivity index (χ3n) is 5.04. The van der Waals surface area contributed by atoms with Gasteiger partial charge in [-0.15, -0.1) is 0 Å². The van der Waals surface area contributed by atoms with Crippen LogP contribution in [0.5, 0.6) is 0 Å². The van der Waals surface area contributed by atoms with Crippen LogP contribution in [-0.4, -0.2) is 30.2 Å². The van der Waals surface area contributed by atoms with Crippen LogP contribution in [0.1, 0.15) is 35.4 Å². The van der Waals surface area contributed by atoms with Crippen LogP contribution in [0.3, 0.4) is 0 Å². The normalized spacial score (nSPS) is 13.1. The zero-order chi connectivity index (χ0) is 23.4. The zero-order valence-corrected chi connectivity index (χ0v) is 19.4. The molecule has 33 heavy (non-hydrogen) atoms. The molecule has 0 aliphatic heterocycles.